The molecule has 0 radical (unpaired) electrons. The lowest BCUT2D eigenvalue weighted by Crippen LogP contribution is -2.13. The van der Waals surface area contributed by atoms with Crippen LogP contribution in [0.3, 0.4) is 0 Å². The van der Waals surface area contributed by atoms with E-state index >= 15 is 0 Å². The van der Waals surface area contributed by atoms with Crippen molar-refractivity contribution in [2.24, 2.45) is 0 Å². The van der Waals surface area contributed by atoms with Crippen molar-refractivity contribution in [1.29, 1.82) is 0 Å². The third-order valence-corrected chi connectivity index (χ3v) is 3.93. The van der Waals surface area contributed by atoms with Gasteiger partial charge in [-0.15, -0.1) is 0 Å². The van der Waals surface area contributed by atoms with Crippen molar-refractivity contribution >= 4 is 0 Å². The molecule has 92 valence electrons. The molecule has 0 fully saturated rings. The lowest BCUT2D eigenvalue weighted by Gasteiger charge is -2.26. The first kappa shape index (κ1) is 11.3. The molecule has 3 rings (SSSR count). The Morgan fingerprint density at radius 3 is 2.61 bits per heavy atom. The quantitative estimate of drug-likeness (QED) is 0.769. The van der Waals surface area contributed by atoms with Gasteiger partial charge in [-0.1, -0.05) is 42.5 Å². The molecule has 0 heterocycles. The summed E-state index contributed by atoms with van der Waals surface area (Å²) in [4.78, 5) is 0. The largest absolute Gasteiger partial charge is 0.496 e. The number of benzene rings is 2. The highest BCUT2D eigenvalue weighted by Crippen LogP contribution is 2.36. The van der Waals surface area contributed by atoms with Crippen LogP contribution in [-0.2, 0) is 12.8 Å². The summed E-state index contributed by atoms with van der Waals surface area (Å²) in [5, 5.41) is 0. The van der Waals surface area contributed by atoms with E-state index in [9.17, 15) is 0 Å². The summed E-state index contributed by atoms with van der Waals surface area (Å²) in [6.07, 6.45) is 3.50. The number of methoxy groups -OCH3 is 1. The highest BCUT2D eigenvalue weighted by Gasteiger charge is 2.22. The van der Waals surface area contributed by atoms with E-state index in [0.29, 0.717) is 5.92 Å². The molecule has 2 aromatic rings. The SMILES string of the molecule is COc1cccc2c1CC(c1ccccc1)CC2. The van der Waals surface area contributed by atoms with Gasteiger partial charge in [0.2, 0.25) is 0 Å². The van der Waals surface area contributed by atoms with Gasteiger partial charge in [0.05, 0.1) is 7.11 Å². The summed E-state index contributed by atoms with van der Waals surface area (Å²) < 4.78 is 5.50. The predicted molar refractivity (Wildman–Crippen MR) is 74.2 cm³/mol. The van der Waals surface area contributed by atoms with E-state index in [0.717, 1.165) is 18.6 Å². The molecule has 1 unspecified atom stereocenters. The summed E-state index contributed by atoms with van der Waals surface area (Å²) in [5.74, 6) is 1.68. The average molecular weight is 238 g/mol. The number of ether oxygens (including phenoxy) is 1. The Bertz CT molecular complexity index is 516. The van der Waals surface area contributed by atoms with Crippen LogP contribution in [0.4, 0.5) is 0 Å². The minimum absolute atomic E-state index is 0.634. The zero-order chi connectivity index (χ0) is 12.4. The first-order chi connectivity index (χ1) is 8.88. The fourth-order valence-electron chi connectivity index (χ4n) is 2.96. The first-order valence-electron chi connectivity index (χ1n) is 6.58. The van der Waals surface area contributed by atoms with E-state index in [1.54, 1.807) is 7.11 Å². The maximum Gasteiger partial charge on any atom is 0.122 e. The van der Waals surface area contributed by atoms with Crippen molar-refractivity contribution in [1.82, 2.24) is 0 Å². The van der Waals surface area contributed by atoms with Gasteiger partial charge in [0.1, 0.15) is 5.75 Å². The minimum Gasteiger partial charge on any atom is -0.496 e. The Morgan fingerprint density at radius 1 is 1.00 bits per heavy atom. The maximum atomic E-state index is 5.50. The molecule has 0 saturated carbocycles. The second-order valence-electron chi connectivity index (χ2n) is 4.95. The predicted octanol–water partition coefficient (Wildman–Crippen LogP) is 3.97. The molecule has 1 aliphatic carbocycles. The first-order valence-corrected chi connectivity index (χ1v) is 6.58. The van der Waals surface area contributed by atoms with Crippen LogP contribution in [0.25, 0.3) is 0 Å². The van der Waals surface area contributed by atoms with Crippen molar-refractivity contribution in [2.45, 2.75) is 25.2 Å². The Balaban J connectivity index is 1.93. The lowest BCUT2D eigenvalue weighted by molar-refractivity contribution is 0.403. The van der Waals surface area contributed by atoms with Gasteiger partial charge >= 0.3 is 0 Å². The molecule has 0 amide bonds. The Labute approximate surface area is 108 Å². The Kier molecular flexibility index (Phi) is 3.06. The molecule has 0 aliphatic heterocycles. The smallest absolute Gasteiger partial charge is 0.122 e. The molecule has 1 atom stereocenters. The number of aryl methyl sites for hydroxylation is 1. The van der Waals surface area contributed by atoms with Gasteiger partial charge in [0, 0.05) is 0 Å². The monoisotopic (exact) mass is 238 g/mol. The lowest BCUT2D eigenvalue weighted by atomic mass is 9.80. The van der Waals surface area contributed by atoms with Crippen LogP contribution in [0.2, 0.25) is 0 Å². The number of rotatable bonds is 2. The van der Waals surface area contributed by atoms with E-state index in [-0.39, 0.29) is 0 Å². The topological polar surface area (TPSA) is 9.23 Å². The van der Waals surface area contributed by atoms with Gasteiger partial charge in [-0.05, 0) is 47.9 Å². The van der Waals surface area contributed by atoms with Crippen LogP contribution in [0, 0.1) is 0 Å². The van der Waals surface area contributed by atoms with E-state index in [2.05, 4.69) is 48.5 Å². The van der Waals surface area contributed by atoms with Crippen LogP contribution < -0.4 is 4.74 Å². The summed E-state index contributed by atoms with van der Waals surface area (Å²) in [6.45, 7) is 0. The summed E-state index contributed by atoms with van der Waals surface area (Å²) >= 11 is 0. The molecule has 1 heteroatoms. The third-order valence-electron chi connectivity index (χ3n) is 3.93. The van der Waals surface area contributed by atoms with Gasteiger partial charge in [0.15, 0.2) is 0 Å². The fourth-order valence-corrected chi connectivity index (χ4v) is 2.96. The molecule has 0 aromatic heterocycles. The van der Waals surface area contributed by atoms with Crippen LogP contribution in [-0.4, -0.2) is 7.11 Å². The standard InChI is InChI=1S/C17H18O/c1-18-17-9-5-8-14-10-11-15(12-16(14)17)13-6-3-2-4-7-13/h2-9,15H,10-12H2,1H3. The van der Waals surface area contributed by atoms with E-state index in [1.807, 2.05) is 0 Å². The highest BCUT2D eigenvalue weighted by atomic mass is 16.5. The van der Waals surface area contributed by atoms with Crippen molar-refractivity contribution in [3.63, 3.8) is 0 Å². The van der Waals surface area contributed by atoms with Gasteiger partial charge in [-0.25, -0.2) is 0 Å². The minimum atomic E-state index is 0.634. The molecular formula is C17H18O. The molecule has 0 bridgehead atoms. The molecule has 1 aliphatic rings. The summed E-state index contributed by atoms with van der Waals surface area (Å²) in [5.41, 5.74) is 4.32. The van der Waals surface area contributed by atoms with Crippen molar-refractivity contribution in [3.8, 4) is 5.75 Å². The van der Waals surface area contributed by atoms with E-state index in [4.69, 9.17) is 4.74 Å². The van der Waals surface area contributed by atoms with Gasteiger partial charge < -0.3 is 4.74 Å². The van der Waals surface area contributed by atoms with Gasteiger partial charge in [0.25, 0.3) is 0 Å². The molecular weight excluding hydrogens is 220 g/mol. The zero-order valence-corrected chi connectivity index (χ0v) is 10.7. The second kappa shape index (κ2) is 4.85. The van der Waals surface area contributed by atoms with Crippen molar-refractivity contribution < 1.29 is 4.74 Å². The van der Waals surface area contributed by atoms with Crippen molar-refractivity contribution in [3.05, 3.63) is 65.2 Å². The Morgan fingerprint density at radius 2 is 1.83 bits per heavy atom. The zero-order valence-electron chi connectivity index (χ0n) is 10.7. The molecule has 0 N–H and O–H groups in total. The third kappa shape index (κ3) is 2.01. The van der Waals surface area contributed by atoms with E-state index < -0.39 is 0 Å². The molecule has 0 saturated heterocycles. The number of fused-ring (bicyclic) bond motifs is 1. The van der Waals surface area contributed by atoms with Crippen molar-refractivity contribution in [2.75, 3.05) is 7.11 Å². The van der Waals surface area contributed by atoms with Crippen LogP contribution in [0.5, 0.6) is 5.75 Å². The number of hydrogen-bond donors (Lipinski definition) is 0. The molecule has 1 nitrogen and oxygen atoms in total. The highest BCUT2D eigenvalue weighted by molar-refractivity contribution is 5.43. The van der Waals surface area contributed by atoms with Crippen LogP contribution in [0.15, 0.2) is 48.5 Å². The van der Waals surface area contributed by atoms with E-state index in [1.165, 1.54) is 23.1 Å². The van der Waals surface area contributed by atoms with Crippen LogP contribution in [0.1, 0.15) is 29.0 Å². The second-order valence-corrected chi connectivity index (χ2v) is 4.95. The summed E-state index contributed by atoms with van der Waals surface area (Å²) in [7, 11) is 1.77. The molecule has 18 heavy (non-hydrogen) atoms. The summed E-state index contributed by atoms with van der Waals surface area (Å²) in [6, 6.07) is 17.2. The van der Waals surface area contributed by atoms with Gasteiger partial charge in [-0.3, -0.25) is 0 Å². The normalized spacial score (nSPS) is 18.2. The van der Waals surface area contributed by atoms with Crippen LogP contribution >= 0.6 is 0 Å². The fraction of sp³-hybridized carbons (Fsp3) is 0.294. The Hall–Kier alpha value is -1.76. The average Bonchev–Trinajstić information content (AvgIpc) is 2.47. The number of hydrogen-bond acceptors (Lipinski definition) is 1. The molecule has 2 aromatic carbocycles. The molecule has 0 spiro atoms. The maximum absolute atomic E-state index is 5.50. The van der Waals surface area contributed by atoms with Gasteiger partial charge in [-0.2, -0.15) is 0 Å².